The number of methoxy groups -OCH3 is 2. The summed E-state index contributed by atoms with van der Waals surface area (Å²) in [7, 11) is 2.95. The van der Waals surface area contributed by atoms with E-state index in [0.29, 0.717) is 21.5 Å². The third-order valence-electron chi connectivity index (χ3n) is 3.84. The van der Waals surface area contributed by atoms with E-state index in [-0.39, 0.29) is 11.4 Å². The summed E-state index contributed by atoms with van der Waals surface area (Å²) in [5.41, 5.74) is 1.48. The van der Waals surface area contributed by atoms with Crippen molar-refractivity contribution in [1.82, 2.24) is 0 Å². The first-order valence-electron chi connectivity index (χ1n) is 8.23. The van der Waals surface area contributed by atoms with Gasteiger partial charge in [0.05, 0.1) is 46.2 Å². The lowest BCUT2D eigenvalue weighted by Crippen LogP contribution is -1.93. The number of halogens is 1. The second-order valence-electron chi connectivity index (χ2n) is 5.58. The lowest BCUT2D eigenvalue weighted by molar-refractivity contribution is -0.385. The van der Waals surface area contributed by atoms with Gasteiger partial charge >= 0.3 is 0 Å². The standard InChI is InChI=1S/C13H11NO3.C7H6BrNO3/c1-17-11-7-8-12(13(9-11)14(15)16)10-5-3-2-4-6-10;1-12-5-2-3-6(8)7(4-5)9(10)11/h2-9H,1H3;2-4H,1H3. The first-order chi connectivity index (χ1) is 13.9. The summed E-state index contributed by atoms with van der Waals surface area (Å²) in [4.78, 5) is 20.6. The molecule has 0 heterocycles. The molecule has 0 amide bonds. The maximum atomic E-state index is 11.0. The van der Waals surface area contributed by atoms with Crippen LogP contribution in [-0.2, 0) is 0 Å². The van der Waals surface area contributed by atoms with Crippen molar-refractivity contribution >= 4 is 27.3 Å². The molecule has 0 bridgehead atoms. The van der Waals surface area contributed by atoms with Crippen molar-refractivity contribution in [3.05, 3.63) is 91.4 Å². The van der Waals surface area contributed by atoms with Crippen LogP contribution in [0.1, 0.15) is 0 Å². The predicted octanol–water partition coefficient (Wildman–Crippen LogP) is 5.64. The Labute approximate surface area is 175 Å². The normalized spacial score (nSPS) is 9.76. The van der Waals surface area contributed by atoms with Gasteiger partial charge in [-0.05, 0) is 45.8 Å². The molecule has 0 aliphatic carbocycles. The van der Waals surface area contributed by atoms with Gasteiger partial charge in [-0.2, -0.15) is 0 Å². The molecule has 3 aromatic rings. The first kappa shape index (κ1) is 21.8. The number of hydrogen-bond acceptors (Lipinski definition) is 6. The lowest BCUT2D eigenvalue weighted by Gasteiger charge is -2.05. The molecule has 3 aromatic carbocycles. The van der Waals surface area contributed by atoms with Crippen molar-refractivity contribution in [1.29, 1.82) is 0 Å². The largest absolute Gasteiger partial charge is 0.497 e. The Morgan fingerprint density at radius 2 is 1.28 bits per heavy atom. The van der Waals surface area contributed by atoms with Gasteiger partial charge in [-0.25, -0.2) is 0 Å². The maximum Gasteiger partial charge on any atom is 0.287 e. The number of nitro benzene ring substituents is 2. The summed E-state index contributed by atoms with van der Waals surface area (Å²) in [6, 6.07) is 18.7. The van der Waals surface area contributed by atoms with Crippen LogP contribution in [0.3, 0.4) is 0 Å². The zero-order valence-corrected chi connectivity index (χ0v) is 17.2. The van der Waals surface area contributed by atoms with Crippen molar-refractivity contribution in [3.63, 3.8) is 0 Å². The fraction of sp³-hybridized carbons (Fsp3) is 0.100. The van der Waals surface area contributed by atoms with Crippen LogP contribution in [0.4, 0.5) is 11.4 Å². The lowest BCUT2D eigenvalue weighted by atomic mass is 10.0. The van der Waals surface area contributed by atoms with E-state index in [9.17, 15) is 20.2 Å². The van der Waals surface area contributed by atoms with Crippen LogP contribution in [0.15, 0.2) is 71.2 Å². The Hall–Kier alpha value is -3.46. The topological polar surface area (TPSA) is 105 Å². The van der Waals surface area contributed by atoms with E-state index in [2.05, 4.69) is 15.9 Å². The van der Waals surface area contributed by atoms with Gasteiger partial charge in [0.2, 0.25) is 0 Å². The second kappa shape index (κ2) is 10.2. The highest BCUT2D eigenvalue weighted by Gasteiger charge is 2.16. The summed E-state index contributed by atoms with van der Waals surface area (Å²) in [6.07, 6.45) is 0. The van der Waals surface area contributed by atoms with Crippen molar-refractivity contribution in [2.45, 2.75) is 0 Å². The van der Waals surface area contributed by atoms with Gasteiger partial charge < -0.3 is 9.47 Å². The maximum absolute atomic E-state index is 11.0. The van der Waals surface area contributed by atoms with E-state index < -0.39 is 9.85 Å². The van der Waals surface area contributed by atoms with E-state index in [1.807, 2.05) is 30.3 Å². The summed E-state index contributed by atoms with van der Waals surface area (Å²) >= 11 is 3.06. The van der Waals surface area contributed by atoms with E-state index in [1.165, 1.54) is 26.4 Å². The van der Waals surface area contributed by atoms with Gasteiger partial charge in [0.25, 0.3) is 11.4 Å². The minimum atomic E-state index is -0.466. The molecule has 0 atom stereocenters. The zero-order valence-electron chi connectivity index (χ0n) is 15.6. The van der Waals surface area contributed by atoms with Crippen molar-refractivity contribution < 1.29 is 19.3 Å². The van der Waals surface area contributed by atoms with Gasteiger partial charge in [0.1, 0.15) is 11.5 Å². The molecule has 0 spiro atoms. The molecule has 150 valence electrons. The molecule has 0 saturated heterocycles. The zero-order chi connectivity index (χ0) is 21.4. The van der Waals surface area contributed by atoms with Crippen molar-refractivity contribution in [2.75, 3.05) is 14.2 Å². The molecule has 8 nitrogen and oxygen atoms in total. The molecule has 0 saturated carbocycles. The molecule has 0 N–H and O–H groups in total. The van der Waals surface area contributed by atoms with Crippen LogP contribution >= 0.6 is 15.9 Å². The molecular weight excluding hydrogens is 444 g/mol. The first-order valence-corrected chi connectivity index (χ1v) is 9.02. The predicted molar refractivity (Wildman–Crippen MR) is 112 cm³/mol. The summed E-state index contributed by atoms with van der Waals surface area (Å²) < 4.78 is 10.3. The summed E-state index contributed by atoms with van der Waals surface area (Å²) in [6.45, 7) is 0. The van der Waals surface area contributed by atoms with Crippen molar-refractivity contribution in [2.24, 2.45) is 0 Å². The smallest absolute Gasteiger partial charge is 0.287 e. The fourth-order valence-electron chi connectivity index (χ4n) is 2.41. The highest BCUT2D eigenvalue weighted by Crippen LogP contribution is 2.32. The van der Waals surface area contributed by atoms with Gasteiger partial charge in [-0.1, -0.05) is 30.3 Å². The summed E-state index contributed by atoms with van der Waals surface area (Å²) in [5.74, 6) is 0.960. The third kappa shape index (κ3) is 5.76. The van der Waals surface area contributed by atoms with E-state index in [1.54, 1.807) is 24.3 Å². The number of benzene rings is 3. The average molecular weight is 461 g/mol. The summed E-state index contributed by atoms with van der Waals surface area (Å²) in [5, 5.41) is 21.4. The number of nitrogens with zero attached hydrogens (tertiary/aromatic N) is 2. The molecule has 0 fully saturated rings. The van der Waals surface area contributed by atoms with E-state index in [4.69, 9.17) is 9.47 Å². The van der Waals surface area contributed by atoms with Crippen LogP contribution in [0.2, 0.25) is 0 Å². The number of ether oxygens (including phenoxy) is 2. The second-order valence-corrected chi connectivity index (χ2v) is 6.44. The van der Waals surface area contributed by atoms with Gasteiger partial charge in [0.15, 0.2) is 0 Å². The highest BCUT2D eigenvalue weighted by molar-refractivity contribution is 9.10. The van der Waals surface area contributed by atoms with Crippen LogP contribution in [0.5, 0.6) is 11.5 Å². The minimum absolute atomic E-state index is 0.00866. The van der Waals surface area contributed by atoms with Crippen molar-refractivity contribution in [3.8, 4) is 22.6 Å². The molecule has 0 aliphatic heterocycles. The van der Waals surface area contributed by atoms with Crippen LogP contribution < -0.4 is 9.47 Å². The number of hydrogen-bond donors (Lipinski definition) is 0. The molecule has 3 rings (SSSR count). The van der Waals surface area contributed by atoms with Gasteiger partial charge in [0, 0.05) is 0 Å². The van der Waals surface area contributed by atoms with Gasteiger partial charge in [-0.3, -0.25) is 20.2 Å². The molecule has 0 unspecified atom stereocenters. The fourth-order valence-corrected chi connectivity index (χ4v) is 2.80. The Morgan fingerprint density at radius 3 is 1.79 bits per heavy atom. The van der Waals surface area contributed by atoms with E-state index >= 15 is 0 Å². The molecule has 0 aromatic heterocycles. The Balaban J connectivity index is 0.000000221. The highest BCUT2D eigenvalue weighted by atomic mass is 79.9. The molecule has 29 heavy (non-hydrogen) atoms. The van der Waals surface area contributed by atoms with Crippen LogP contribution in [-0.4, -0.2) is 24.1 Å². The Morgan fingerprint density at radius 1 is 0.759 bits per heavy atom. The number of rotatable bonds is 5. The molecule has 0 aliphatic rings. The molecular formula is C20H17BrN2O6. The third-order valence-corrected chi connectivity index (χ3v) is 4.51. The SMILES string of the molecule is COc1ccc(-c2ccccc2)c([N+](=O)[O-])c1.COc1ccc(Br)c([N+](=O)[O-])c1. The Bertz CT molecular complexity index is 1010. The van der Waals surface area contributed by atoms with Crippen LogP contribution in [0, 0.1) is 20.2 Å². The van der Waals surface area contributed by atoms with Crippen LogP contribution in [0.25, 0.3) is 11.1 Å². The van der Waals surface area contributed by atoms with E-state index in [0.717, 1.165) is 5.56 Å². The van der Waals surface area contributed by atoms with Gasteiger partial charge in [-0.15, -0.1) is 0 Å². The monoisotopic (exact) mass is 460 g/mol. The number of nitro groups is 2. The Kier molecular flexibility index (Phi) is 7.67. The molecule has 9 heteroatoms. The molecule has 0 radical (unpaired) electrons. The minimum Gasteiger partial charge on any atom is -0.497 e. The quantitative estimate of drug-likeness (QED) is 0.360. The average Bonchev–Trinajstić information content (AvgIpc) is 2.74.